The molecule has 2 amide bonds. The molecule has 1 fully saturated rings. The molecule has 1 saturated heterocycles. The summed E-state index contributed by atoms with van der Waals surface area (Å²) in [6.07, 6.45) is -3.06. The van der Waals surface area contributed by atoms with Crippen molar-refractivity contribution >= 4 is 35.3 Å². The van der Waals surface area contributed by atoms with Crippen molar-refractivity contribution in [1.29, 1.82) is 0 Å². The van der Waals surface area contributed by atoms with Crippen LogP contribution in [0.5, 0.6) is 0 Å². The number of nitrogens with two attached hydrogens (primary N) is 1. The third kappa shape index (κ3) is 6.94. The summed E-state index contributed by atoms with van der Waals surface area (Å²) in [5, 5.41) is 0. The molecule has 0 aromatic carbocycles. The molecule has 6 N–H and O–H groups in total. The first kappa shape index (κ1) is 23.5. The highest BCUT2D eigenvalue weighted by atomic mass is 31.3. The van der Waals surface area contributed by atoms with E-state index < -0.39 is 60.4 Å². The monoisotopic (exact) mass is 471 g/mol. The highest BCUT2D eigenvalue weighted by Crippen LogP contribution is 2.66. The van der Waals surface area contributed by atoms with Crippen molar-refractivity contribution in [1.82, 2.24) is 4.90 Å². The second kappa shape index (κ2) is 8.54. The van der Waals surface area contributed by atoms with Crippen molar-refractivity contribution in [2.75, 3.05) is 13.2 Å². The summed E-state index contributed by atoms with van der Waals surface area (Å²) in [7, 11) is -16.4. The standard InChI is InChI=1S/C9H17FN3O12P3/c10-6-3-13(9(14)12-8(6)11)7-2-1-5(23-7)4-22-27(18,19)25-28(20,21)24-26(15,16)17/h5-7H,1-4H2,(H,18,19)(H,20,21)(H2,11,12,14)(H2,15,16,17)/t5-,6?,7+/m1/s1. The SMILES string of the molecule is NC1=NC(=O)N([C@@H]2CC[C@H](COP(=O)(O)OP(=O)(O)OP(=O)(O)O)O2)CC1F. The van der Waals surface area contributed by atoms with Crippen LogP contribution < -0.4 is 5.73 Å². The third-order valence-corrected chi connectivity index (χ3v) is 7.22. The Morgan fingerprint density at radius 3 is 2.43 bits per heavy atom. The van der Waals surface area contributed by atoms with Crippen LogP contribution in [0.15, 0.2) is 4.99 Å². The number of phosphoric ester groups is 1. The van der Waals surface area contributed by atoms with E-state index in [2.05, 4.69) is 18.1 Å². The fraction of sp³-hybridized carbons (Fsp3) is 0.778. The first-order chi connectivity index (χ1) is 12.7. The zero-order chi connectivity index (χ0) is 21.3. The Bertz CT molecular complexity index is 788. The molecule has 5 atom stereocenters. The van der Waals surface area contributed by atoms with Crippen molar-refractivity contribution in [3.8, 4) is 0 Å². The number of amides is 2. The van der Waals surface area contributed by atoms with Gasteiger partial charge in [-0.1, -0.05) is 0 Å². The Kier molecular flexibility index (Phi) is 7.17. The third-order valence-electron chi connectivity index (χ3n) is 3.42. The van der Waals surface area contributed by atoms with Gasteiger partial charge in [0.15, 0.2) is 6.17 Å². The number of hydrogen-bond donors (Lipinski definition) is 5. The minimum atomic E-state index is -5.62. The average molecular weight is 471 g/mol. The summed E-state index contributed by atoms with van der Waals surface area (Å²) < 4.78 is 63.9. The van der Waals surface area contributed by atoms with Gasteiger partial charge < -0.3 is 30.0 Å². The molecular formula is C9H17FN3O12P3. The predicted octanol–water partition coefficient (Wildman–Crippen LogP) is -0.0343. The van der Waals surface area contributed by atoms with E-state index in [4.69, 9.17) is 25.2 Å². The molecule has 15 nitrogen and oxygen atoms in total. The molecule has 0 bridgehead atoms. The Hall–Kier alpha value is -0.760. The summed E-state index contributed by atoms with van der Waals surface area (Å²) in [6.45, 7) is -1.05. The van der Waals surface area contributed by atoms with Gasteiger partial charge in [-0.25, -0.2) is 22.9 Å². The number of carbonyl (C=O) groups excluding carboxylic acids is 1. The second-order valence-electron chi connectivity index (χ2n) is 5.62. The molecule has 28 heavy (non-hydrogen) atoms. The summed E-state index contributed by atoms with van der Waals surface area (Å²) >= 11 is 0. The van der Waals surface area contributed by atoms with Crippen LogP contribution >= 0.6 is 23.5 Å². The fourth-order valence-electron chi connectivity index (χ4n) is 2.35. The molecule has 0 saturated carbocycles. The maximum Gasteiger partial charge on any atom is 0.490 e. The number of nitrogens with zero attached hydrogens (tertiary/aromatic N) is 2. The molecule has 2 aliphatic rings. The second-order valence-corrected chi connectivity index (χ2v) is 10.0. The molecule has 2 heterocycles. The van der Waals surface area contributed by atoms with Crippen molar-refractivity contribution < 1.29 is 60.3 Å². The topological polar surface area (TPSA) is 228 Å². The highest BCUT2D eigenvalue weighted by Gasteiger charge is 2.42. The number of carbonyl (C=O) groups is 1. The van der Waals surface area contributed by atoms with Gasteiger partial charge in [-0.05, 0) is 12.8 Å². The predicted molar refractivity (Wildman–Crippen MR) is 86.3 cm³/mol. The van der Waals surface area contributed by atoms with E-state index >= 15 is 0 Å². The van der Waals surface area contributed by atoms with Crippen LogP contribution in [0, 0.1) is 0 Å². The Morgan fingerprint density at radius 2 is 1.82 bits per heavy atom. The summed E-state index contributed by atoms with van der Waals surface area (Å²) in [5.74, 6) is -0.455. The lowest BCUT2D eigenvalue weighted by molar-refractivity contribution is -0.0526. The Labute approximate surface area is 156 Å². The Balaban J connectivity index is 1.87. The van der Waals surface area contributed by atoms with E-state index in [9.17, 15) is 27.8 Å². The van der Waals surface area contributed by atoms with Crippen LogP contribution in [-0.4, -0.2) is 68.0 Å². The number of halogens is 1. The largest absolute Gasteiger partial charge is 0.490 e. The van der Waals surface area contributed by atoms with Gasteiger partial charge in [-0.3, -0.25) is 9.42 Å². The van der Waals surface area contributed by atoms with Gasteiger partial charge >= 0.3 is 29.5 Å². The van der Waals surface area contributed by atoms with E-state index in [0.29, 0.717) is 0 Å². The van der Waals surface area contributed by atoms with Gasteiger partial charge in [-0.2, -0.15) is 13.6 Å². The molecule has 19 heteroatoms. The van der Waals surface area contributed by atoms with Gasteiger partial charge in [0.1, 0.15) is 12.1 Å². The van der Waals surface area contributed by atoms with E-state index in [0.717, 1.165) is 4.90 Å². The zero-order valence-electron chi connectivity index (χ0n) is 13.8. The first-order valence-corrected chi connectivity index (χ1v) is 11.9. The first-order valence-electron chi connectivity index (χ1n) is 7.40. The van der Waals surface area contributed by atoms with E-state index in [-0.39, 0.29) is 19.4 Å². The number of amidine groups is 1. The average Bonchev–Trinajstić information content (AvgIpc) is 2.94. The number of alkyl halides is 1. The van der Waals surface area contributed by atoms with Gasteiger partial charge in [-0.15, -0.1) is 0 Å². The van der Waals surface area contributed by atoms with E-state index in [1.807, 2.05) is 0 Å². The number of aliphatic imine (C=N–C) groups is 1. The van der Waals surface area contributed by atoms with Crippen molar-refractivity contribution in [3.05, 3.63) is 0 Å². The maximum atomic E-state index is 13.6. The molecule has 0 aromatic heterocycles. The molecule has 0 radical (unpaired) electrons. The van der Waals surface area contributed by atoms with Crippen LogP contribution in [0.4, 0.5) is 9.18 Å². The van der Waals surface area contributed by atoms with Crippen molar-refractivity contribution in [3.63, 3.8) is 0 Å². The van der Waals surface area contributed by atoms with Crippen LogP contribution in [0.2, 0.25) is 0 Å². The zero-order valence-corrected chi connectivity index (χ0v) is 16.5. The fourth-order valence-corrected chi connectivity index (χ4v) is 5.40. The quantitative estimate of drug-likeness (QED) is 0.293. The van der Waals surface area contributed by atoms with Crippen molar-refractivity contribution in [2.24, 2.45) is 10.7 Å². The number of phosphoric acid groups is 3. The molecule has 0 spiro atoms. The molecule has 2 rings (SSSR count). The van der Waals surface area contributed by atoms with Gasteiger partial charge in [0.25, 0.3) is 0 Å². The number of ether oxygens (including phenoxy) is 1. The molecule has 0 aliphatic carbocycles. The summed E-state index contributed by atoms with van der Waals surface area (Å²) in [6, 6.07) is -0.815. The molecular weight excluding hydrogens is 454 g/mol. The van der Waals surface area contributed by atoms with Gasteiger partial charge in [0, 0.05) is 0 Å². The molecule has 3 unspecified atom stereocenters. The maximum absolute atomic E-state index is 13.6. The van der Waals surface area contributed by atoms with Crippen molar-refractivity contribution in [2.45, 2.75) is 31.3 Å². The summed E-state index contributed by atoms with van der Waals surface area (Å²) in [5.41, 5.74) is 5.23. The van der Waals surface area contributed by atoms with Crippen LogP contribution in [0.3, 0.4) is 0 Å². The van der Waals surface area contributed by atoms with Gasteiger partial charge in [0.2, 0.25) is 0 Å². The molecule has 2 aliphatic heterocycles. The van der Waals surface area contributed by atoms with Crippen LogP contribution in [-0.2, 0) is 31.6 Å². The lowest BCUT2D eigenvalue weighted by Crippen LogP contribution is -2.50. The molecule has 0 aromatic rings. The van der Waals surface area contributed by atoms with E-state index in [1.54, 1.807) is 0 Å². The minimum Gasteiger partial charge on any atom is -0.384 e. The normalized spacial score (nSPS) is 30.6. The summed E-state index contributed by atoms with van der Waals surface area (Å²) in [4.78, 5) is 51.3. The minimum absolute atomic E-state index is 0.195. The highest BCUT2D eigenvalue weighted by molar-refractivity contribution is 7.66. The number of rotatable bonds is 8. The lowest BCUT2D eigenvalue weighted by atomic mass is 10.2. The van der Waals surface area contributed by atoms with Crippen LogP contribution in [0.1, 0.15) is 12.8 Å². The van der Waals surface area contributed by atoms with E-state index in [1.165, 1.54) is 0 Å². The number of hydrogen-bond acceptors (Lipinski definition) is 9. The molecule has 162 valence electrons. The van der Waals surface area contributed by atoms with Gasteiger partial charge in [0.05, 0.1) is 19.3 Å². The Morgan fingerprint density at radius 1 is 1.18 bits per heavy atom. The van der Waals surface area contributed by atoms with Crippen LogP contribution in [0.25, 0.3) is 0 Å². The number of urea groups is 1. The smallest absolute Gasteiger partial charge is 0.384 e. The lowest BCUT2D eigenvalue weighted by Gasteiger charge is -2.31.